The highest BCUT2D eigenvalue weighted by Gasteiger charge is 2.38. The third kappa shape index (κ3) is 2.61. The monoisotopic (exact) mass is 290 g/mol. The first-order chi connectivity index (χ1) is 9.76. The highest BCUT2D eigenvalue weighted by atomic mass is 32.1. The van der Waals surface area contributed by atoms with Crippen LogP contribution < -0.4 is 11.3 Å². The van der Waals surface area contributed by atoms with Crippen molar-refractivity contribution in [2.45, 2.75) is 43.7 Å². The number of hydrogen-bond donors (Lipinski definition) is 2. The molecule has 3 N–H and O–H groups in total. The smallest absolute Gasteiger partial charge is 0.0694 e. The molecule has 1 aromatic heterocycles. The largest absolute Gasteiger partial charge is 0.378 e. The summed E-state index contributed by atoms with van der Waals surface area (Å²) in [6.45, 7) is 0. The molecule has 108 valence electrons. The van der Waals surface area contributed by atoms with Gasteiger partial charge in [-0.25, -0.2) is 0 Å². The molecule has 3 nitrogen and oxygen atoms in total. The Morgan fingerprint density at radius 3 is 2.85 bits per heavy atom. The second-order valence-electron chi connectivity index (χ2n) is 5.77. The molecule has 3 rings (SSSR count). The van der Waals surface area contributed by atoms with Gasteiger partial charge in [-0.2, -0.15) is 0 Å². The highest BCUT2D eigenvalue weighted by Crippen LogP contribution is 2.39. The second kappa shape index (κ2) is 5.82. The quantitative estimate of drug-likeness (QED) is 0.634. The van der Waals surface area contributed by atoms with Crippen LogP contribution in [0.3, 0.4) is 0 Å². The molecule has 20 heavy (non-hydrogen) atoms. The van der Waals surface area contributed by atoms with Crippen molar-refractivity contribution in [2.75, 3.05) is 7.11 Å². The summed E-state index contributed by atoms with van der Waals surface area (Å²) in [5.74, 6) is 5.77. The lowest BCUT2D eigenvalue weighted by atomic mass is 9.75. The van der Waals surface area contributed by atoms with Gasteiger partial charge in [0.15, 0.2) is 0 Å². The summed E-state index contributed by atoms with van der Waals surface area (Å²) in [6, 6.07) is 8.84. The maximum Gasteiger partial charge on any atom is 0.0694 e. The van der Waals surface area contributed by atoms with Gasteiger partial charge in [0.1, 0.15) is 0 Å². The van der Waals surface area contributed by atoms with Crippen LogP contribution in [0.1, 0.15) is 31.2 Å². The number of thiophene rings is 1. The first-order valence-corrected chi connectivity index (χ1v) is 8.11. The molecule has 1 unspecified atom stereocenters. The molecule has 1 saturated carbocycles. The number of ether oxygens (including phenoxy) is 1. The minimum atomic E-state index is 0.0584. The van der Waals surface area contributed by atoms with E-state index in [0.717, 1.165) is 25.7 Å². The third-order valence-electron chi connectivity index (χ3n) is 4.58. The molecule has 1 fully saturated rings. The maximum absolute atomic E-state index is 5.77. The summed E-state index contributed by atoms with van der Waals surface area (Å²) in [7, 11) is 1.83. The number of methoxy groups -OCH3 is 1. The normalized spacial score (nSPS) is 18.9. The summed E-state index contributed by atoms with van der Waals surface area (Å²) < 4.78 is 7.07. The molecule has 2 aromatic rings. The Bertz CT molecular complexity index is 571. The molecule has 1 aliphatic rings. The van der Waals surface area contributed by atoms with Gasteiger partial charge in [0.05, 0.1) is 5.60 Å². The Morgan fingerprint density at radius 2 is 2.20 bits per heavy atom. The SMILES string of the molecule is COC1(CC(Cc2csc3ccccc23)NN)CCC1. The van der Waals surface area contributed by atoms with Crippen molar-refractivity contribution in [3.8, 4) is 0 Å². The number of fused-ring (bicyclic) bond motifs is 1. The molecule has 1 aliphatic carbocycles. The van der Waals surface area contributed by atoms with Crippen molar-refractivity contribution in [2.24, 2.45) is 5.84 Å². The number of benzene rings is 1. The molecular formula is C16H22N2OS. The van der Waals surface area contributed by atoms with E-state index in [9.17, 15) is 0 Å². The molecule has 4 heteroatoms. The predicted molar refractivity (Wildman–Crippen MR) is 84.8 cm³/mol. The van der Waals surface area contributed by atoms with E-state index in [1.54, 1.807) is 0 Å². The van der Waals surface area contributed by atoms with E-state index in [2.05, 4.69) is 35.1 Å². The molecule has 1 atom stereocenters. The van der Waals surface area contributed by atoms with E-state index in [-0.39, 0.29) is 11.6 Å². The molecule has 0 amide bonds. The van der Waals surface area contributed by atoms with E-state index in [4.69, 9.17) is 10.6 Å². The zero-order chi connectivity index (χ0) is 14.0. The van der Waals surface area contributed by atoms with Crippen LogP contribution in [0.4, 0.5) is 0 Å². The van der Waals surface area contributed by atoms with Crippen molar-refractivity contribution in [3.05, 3.63) is 35.2 Å². The average Bonchev–Trinajstić information content (AvgIpc) is 2.85. The van der Waals surface area contributed by atoms with Crippen LogP contribution in [0.25, 0.3) is 10.1 Å². The number of nitrogens with two attached hydrogens (primary N) is 1. The molecule has 1 aromatic carbocycles. The Kier molecular flexibility index (Phi) is 4.08. The summed E-state index contributed by atoms with van der Waals surface area (Å²) in [4.78, 5) is 0. The first kappa shape index (κ1) is 14.0. The van der Waals surface area contributed by atoms with E-state index < -0.39 is 0 Å². The third-order valence-corrected chi connectivity index (χ3v) is 5.59. The van der Waals surface area contributed by atoms with Gasteiger partial charge in [-0.15, -0.1) is 11.3 Å². The summed E-state index contributed by atoms with van der Waals surface area (Å²) >= 11 is 1.81. The Balaban J connectivity index is 1.74. The Labute approximate surface area is 124 Å². The van der Waals surface area contributed by atoms with Crippen molar-refractivity contribution >= 4 is 21.4 Å². The topological polar surface area (TPSA) is 47.3 Å². The Morgan fingerprint density at radius 1 is 1.40 bits per heavy atom. The van der Waals surface area contributed by atoms with Gasteiger partial charge < -0.3 is 4.74 Å². The van der Waals surface area contributed by atoms with Crippen molar-refractivity contribution in [1.29, 1.82) is 0 Å². The van der Waals surface area contributed by atoms with Gasteiger partial charge in [-0.3, -0.25) is 11.3 Å². The number of nitrogens with one attached hydrogen (secondary N) is 1. The van der Waals surface area contributed by atoms with Crippen LogP contribution in [0.15, 0.2) is 29.6 Å². The van der Waals surface area contributed by atoms with E-state index in [1.165, 1.54) is 22.1 Å². The summed E-state index contributed by atoms with van der Waals surface area (Å²) in [5.41, 5.74) is 4.43. The van der Waals surface area contributed by atoms with Crippen LogP contribution >= 0.6 is 11.3 Å². The molecule has 0 spiro atoms. The van der Waals surface area contributed by atoms with Crippen LogP contribution in [0.5, 0.6) is 0 Å². The van der Waals surface area contributed by atoms with Crippen molar-refractivity contribution in [1.82, 2.24) is 5.43 Å². The van der Waals surface area contributed by atoms with Gasteiger partial charge in [0.2, 0.25) is 0 Å². The fraction of sp³-hybridized carbons (Fsp3) is 0.500. The van der Waals surface area contributed by atoms with Gasteiger partial charge in [-0.1, -0.05) is 18.2 Å². The first-order valence-electron chi connectivity index (χ1n) is 7.23. The minimum Gasteiger partial charge on any atom is -0.378 e. The van der Waals surface area contributed by atoms with Crippen LogP contribution in [-0.2, 0) is 11.2 Å². The fourth-order valence-electron chi connectivity index (χ4n) is 3.16. The summed E-state index contributed by atoms with van der Waals surface area (Å²) in [5, 5.41) is 3.62. The van der Waals surface area contributed by atoms with Crippen LogP contribution in [-0.4, -0.2) is 18.8 Å². The summed E-state index contributed by atoms with van der Waals surface area (Å²) in [6.07, 6.45) is 5.54. The molecule has 0 bridgehead atoms. The van der Waals surface area contributed by atoms with Crippen LogP contribution in [0.2, 0.25) is 0 Å². The fourth-order valence-corrected chi connectivity index (χ4v) is 4.13. The average molecular weight is 290 g/mol. The maximum atomic E-state index is 5.77. The van der Waals surface area contributed by atoms with Crippen LogP contribution in [0, 0.1) is 0 Å². The van der Waals surface area contributed by atoms with E-state index in [1.807, 2.05) is 18.4 Å². The van der Waals surface area contributed by atoms with Gasteiger partial charge >= 0.3 is 0 Å². The molecular weight excluding hydrogens is 268 g/mol. The number of hydrogen-bond acceptors (Lipinski definition) is 4. The predicted octanol–water partition coefficient (Wildman–Crippen LogP) is 3.23. The van der Waals surface area contributed by atoms with E-state index in [0.29, 0.717) is 0 Å². The molecule has 0 saturated heterocycles. The molecule has 0 radical (unpaired) electrons. The lowest BCUT2D eigenvalue weighted by Crippen LogP contribution is -2.48. The highest BCUT2D eigenvalue weighted by molar-refractivity contribution is 7.17. The Hall–Kier alpha value is -0.940. The zero-order valence-corrected chi connectivity index (χ0v) is 12.7. The van der Waals surface area contributed by atoms with Gasteiger partial charge in [0, 0.05) is 17.9 Å². The minimum absolute atomic E-state index is 0.0584. The standard InChI is InChI=1S/C16H22N2OS/c1-19-16(7-4-8-16)10-13(18-17)9-12-11-20-15-6-3-2-5-14(12)15/h2-3,5-6,11,13,18H,4,7-10,17H2,1H3. The van der Waals surface area contributed by atoms with Gasteiger partial charge in [-0.05, 0) is 54.5 Å². The van der Waals surface area contributed by atoms with Gasteiger partial charge in [0.25, 0.3) is 0 Å². The lowest BCUT2D eigenvalue weighted by Gasteiger charge is -2.42. The second-order valence-corrected chi connectivity index (χ2v) is 6.68. The van der Waals surface area contributed by atoms with Crippen molar-refractivity contribution < 1.29 is 4.74 Å². The molecule has 0 aliphatic heterocycles. The lowest BCUT2D eigenvalue weighted by molar-refractivity contribution is -0.0834. The number of rotatable bonds is 6. The van der Waals surface area contributed by atoms with E-state index >= 15 is 0 Å². The number of hydrazine groups is 1. The zero-order valence-electron chi connectivity index (χ0n) is 11.9. The molecule has 1 heterocycles. The van der Waals surface area contributed by atoms with Crippen molar-refractivity contribution in [3.63, 3.8) is 0 Å².